The molecular weight excluding hydrogens is 296 g/mol. The van der Waals surface area contributed by atoms with Gasteiger partial charge in [0.25, 0.3) is 0 Å². The van der Waals surface area contributed by atoms with Gasteiger partial charge in [-0.3, -0.25) is 0 Å². The summed E-state index contributed by atoms with van der Waals surface area (Å²) in [7, 11) is 0.577. The van der Waals surface area contributed by atoms with Crippen molar-refractivity contribution in [1.29, 1.82) is 0 Å². The molecule has 0 bridgehead atoms. The first-order valence-electron chi connectivity index (χ1n) is 7.12. The van der Waals surface area contributed by atoms with Gasteiger partial charge in [-0.15, -0.1) is 0 Å². The molecule has 0 amide bonds. The molecule has 1 N–H and O–H groups in total. The van der Waals surface area contributed by atoms with E-state index >= 15 is 0 Å². The van der Waals surface area contributed by atoms with E-state index in [0.717, 1.165) is 11.1 Å². The van der Waals surface area contributed by atoms with E-state index in [0.29, 0.717) is 0 Å². The van der Waals surface area contributed by atoms with E-state index in [2.05, 4.69) is 4.72 Å². The van der Waals surface area contributed by atoms with Crippen molar-refractivity contribution in [2.24, 2.45) is 0 Å². The van der Waals surface area contributed by atoms with Crippen molar-refractivity contribution in [2.45, 2.75) is 12.1 Å². The first-order chi connectivity index (χ1) is 10.4. The highest BCUT2D eigenvalue weighted by atomic mass is 32.2. The SMILES string of the molecule is CN(C)[C@H](c1ccccc1)[C@H](NS(C)(=O)=O)c1ccccc1. The topological polar surface area (TPSA) is 49.4 Å². The molecule has 0 aliphatic rings. The maximum atomic E-state index is 11.8. The van der Waals surface area contributed by atoms with E-state index in [4.69, 9.17) is 0 Å². The molecule has 0 aliphatic heterocycles. The lowest BCUT2D eigenvalue weighted by atomic mass is 9.93. The fourth-order valence-electron chi connectivity index (χ4n) is 2.64. The summed E-state index contributed by atoms with van der Waals surface area (Å²) in [6.45, 7) is 0. The Balaban J connectivity index is 2.50. The molecule has 2 rings (SSSR count). The fourth-order valence-corrected chi connectivity index (χ4v) is 3.37. The Morgan fingerprint density at radius 2 is 1.32 bits per heavy atom. The van der Waals surface area contributed by atoms with Crippen LogP contribution in [-0.4, -0.2) is 33.7 Å². The first kappa shape index (κ1) is 16.7. The molecule has 4 nitrogen and oxygen atoms in total. The van der Waals surface area contributed by atoms with E-state index < -0.39 is 10.0 Å². The minimum absolute atomic E-state index is 0.0988. The van der Waals surface area contributed by atoms with Crippen LogP contribution in [0.2, 0.25) is 0 Å². The zero-order chi connectivity index (χ0) is 16.2. The van der Waals surface area contributed by atoms with Crippen LogP contribution in [-0.2, 0) is 10.0 Å². The summed E-state index contributed by atoms with van der Waals surface area (Å²) in [4.78, 5) is 2.03. The normalized spacial score (nSPS) is 14.7. The third-order valence-electron chi connectivity index (χ3n) is 3.51. The molecular formula is C17H22N2O2S. The van der Waals surface area contributed by atoms with Gasteiger partial charge < -0.3 is 4.90 Å². The monoisotopic (exact) mass is 318 g/mol. The molecule has 22 heavy (non-hydrogen) atoms. The zero-order valence-electron chi connectivity index (χ0n) is 13.1. The summed E-state index contributed by atoms with van der Waals surface area (Å²) in [5.41, 5.74) is 2.01. The van der Waals surface area contributed by atoms with E-state index in [1.807, 2.05) is 79.7 Å². The highest BCUT2D eigenvalue weighted by Gasteiger charge is 2.28. The van der Waals surface area contributed by atoms with Gasteiger partial charge in [0, 0.05) is 0 Å². The maximum absolute atomic E-state index is 11.8. The van der Waals surface area contributed by atoms with Crippen LogP contribution in [0, 0.1) is 0 Å². The Bertz CT molecular complexity index is 685. The van der Waals surface area contributed by atoms with Crippen molar-refractivity contribution in [2.75, 3.05) is 20.4 Å². The summed E-state index contributed by atoms with van der Waals surface area (Å²) >= 11 is 0. The lowest BCUT2D eigenvalue weighted by molar-refractivity contribution is 0.248. The molecule has 5 heteroatoms. The number of rotatable bonds is 6. The van der Waals surface area contributed by atoms with Crippen LogP contribution in [0.15, 0.2) is 60.7 Å². The lowest BCUT2D eigenvalue weighted by Gasteiger charge is -2.33. The van der Waals surface area contributed by atoms with E-state index in [1.165, 1.54) is 6.26 Å². The molecule has 118 valence electrons. The van der Waals surface area contributed by atoms with Crippen molar-refractivity contribution in [3.63, 3.8) is 0 Å². The summed E-state index contributed by atoms with van der Waals surface area (Å²) in [5, 5.41) is 0. The lowest BCUT2D eigenvalue weighted by Crippen LogP contribution is -2.37. The van der Waals surface area contributed by atoms with Crippen molar-refractivity contribution >= 4 is 10.0 Å². The van der Waals surface area contributed by atoms with E-state index in [9.17, 15) is 8.42 Å². The van der Waals surface area contributed by atoms with Crippen LogP contribution in [0.1, 0.15) is 23.2 Å². The average Bonchev–Trinajstić information content (AvgIpc) is 2.47. The molecule has 2 atom stereocenters. The highest BCUT2D eigenvalue weighted by molar-refractivity contribution is 7.88. The molecule has 0 saturated heterocycles. The number of likely N-dealkylation sites (N-methyl/N-ethyl adjacent to an activating group) is 1. The Hall–Kier alpha value is -1.69. The van der Waals surface area contributed by atoms with Crippen LogP contribution in [0.5, 0.6) is 0 Å². The van der Waals surface area contributed by atoms with E-state index in [1.54, 1.807) is 0 Å². The second-order valence-corrected chi connectivity index (χ2v) is 7.38. The number of sulfonamides is 1. The Kier molecular flexibility index (Phi) is 5.34. The second kappa shape index (κ2) is 7.05. The molecule has 2 aromatic carbocycles. The minimum Gasteiger partial charge on any atom is -0.301 e. The van der Waals surface area contributed by atoms with E-state index in [-0.39, 0.29) is 12.1 Å². The minimum atomic E-state index is -3.33. The molecule has 0 unspecified atom stereocenters. The number of nitrogens with zero attached hydrogens (tertiary/aromatic N) is 1. The van der Waals surface area contributed by atoms with Crippen molar-refractivity contribution in [3.05, 3.63) is 71.8 Å². The van der Waals surface area contributed by atoms with Crippen LogP contribution in [0.25, 0.3) is 0 Å². The molecule has 0 aliphatic carbocycles. The van der Waals surface area contributed by atoms with Crippen molar-refractivity contribution in [3.8, 4) is 0 Å². The largest absolute Gasteiger partial charge is 0.301 e. The average molecular weight is 318 g/mol. The van der Waals surface area contributed by atoms with Gasteiger partial charge >= 0.3 is 0 Å². The van der Waals surface area contributed by atoms with Crippen LogP contribution >= 0.6 is 0 Å². The van der Waals surface area contributed by atoms with Gasteiger partial charge in [-0.2, -0.15) is 0 Å². The third-order valence-corrected chi connectivity index (χ3v) is 4.19. The Morgan fingerprint density at radius 1 is 0.864 bits per heavy atom. The predicted molar refractivity (Wildman–Crippen MR) is 90.0 cm³/mol. The maximum Gasteiger partial charge on any atom is 0.209 e. The second-order valence-electron chi connectivity index (χ2n) is 5.60. The summed E-state index contributed by atoms with van der Waals surface area (Å²) in [6.07, 6.45) is 1.20. The Labute approximate surface area is 132 Å². The van der Waals surface area contributed by atoms with Crippen LogP contribution < -0.4 is 4.72 Å². The molecule has 0 heterocycles. The number of hydrogen-bond donors (Lipinski definition) is 1. The van der Waals surface area contributed by atoms with Crippen molar-refractivity contribution < 1.29 is 8.42 Å². The van der Waals surface area contributed by atoms with Gasteiger partial charge in [-0.05, 0) is 25.2 Å². The standard InChI is InChI=1S/C17H22N2O2S/c1-19(2)17(15-12-8-5-9-13-15)16(18-22(3,20)21)14-10-6-4-7-11-14/h4-13,16-18H,1-3H3/t16-,17-/m1/s1. The molecule has 0 saturated carbocycles. The third kappa shape index (κ3) is 4.40. The van der Waals surface area contributed by atoms with Gasteiger partial charge in [0.2, 0.25) is 10.0 Å². The number of benzene rings is 2. The van der Waals surface area contributed by atoms with Crippen LogP contribution in [0.4, 0.5) is 0 Å². The van der Waals surface area contributed by atoms with Gasteiger partial charge in [0.05, 0.1) is 18.3 Å². The van der Waals surface area contributed by atoms with Gasteiger partial charge in [0.1, 0.15) is 0 Å². The Morgan fingerprint density at radius 3 is 1.73 bits per heavy atom. The summed E-state index contributed by atoms with van der Waals surface area (Å²) in [5.74, 6) is 0. The molecule has 2 aromatic rings. The fraction of sp³-hybridized carbons (Fsp3) is 0.294. The number of hydrogen-bond acceptors (Lipinski definition) is 3. The predicted octanol–water partition coefficient (Wildman–Crippen LogP) is 2.58. The molecule has 0 fully saturated rings. The first-order valence-corrected chi connectivity index (χ1v) is 9.01. The quantitative estimate of drug-likeness (QED) is 0.890. The van der Waals surface area contributed by atoms with Gasteiger partial charge in [-0.1, -0.05) is 60.7 Å². The summed E-state index contributed by atoms with van der Waals surface area (Å²) in [6, 6.07) is 19.1. The number of nitrogens with one attached hydrogen (secondary N) is 1. The molecule has 0 spiro atoms. The van der Waals surface area contributed by atoms with Crippen molar-refractivity contribution in [1.82, 2.24) is 9.62 Å². The zero-order valence-corrected chi connectivity index (χ0v) is 13.9. The van der Waals surface area contributed by atoms with Gasteiger partial charge in [0.15, 0.2) is 0 Å². The van der Waals surface area contributed by atoms with Crippen LogP contribution in [0.3, 0.4) is 0 Å². The van der Waals surface area contributed by atoms with Gasteiger partial charge in [-0.25, -0.2) is 13.1 Å². The summed E-state index contributed by atoms with van der Waals surface area (Å²) < 4.78 is 26.5. The highest BCUT2D eigenvalue weighted by Crippen LogP contribution is 2.33. The molecule has 0 aromatic heterocycles. The molecule has 0 radical (unpaired) electrons. The smallest absolute Gasteiger partial charge is 0.209 e.